The fraction of sp³-hybridized carbons (Fsp3) is 0.647. The van der Waals surface area contributed by atoms with E-state index in [1.165, 1.54) is 0 Å². The molecule has 2 aliphatic rings. The van der Waals surface area contributed by atoms with Crippen LogP contribution in [0.2, 0.25) is 0 Å². The maximum absolute atomic E-state index is 12.7. The van der Waals surface area contributed by atoms with Crippen LogP contribution in [0.5, 0.6) is 0 Å². The first-order valence-corrected chi connectivity index (χ1v) is 8.40. The molecule has 3 rings (SSSR count). The Bertz CT molecular complexity index is 554. The summed E-state index contributed by atoms with van der Waals surface area (Å²) in [6.45, 7) is 4.24. The van der Waals surface area contributed by atoms with Gasteiger partial charge in [0, 0.05) is 25.2 Å². The Morgan fingerprint density at radius 2 is 2.22 bits per heavy atom. The van der Waals surface area contributed by atoms with Crippen molar-refractivity contribution in [3.05, 3.63) is 24.2 Å². The van der Waals surface area contributed by atoms with Gasteiger partial charge in [-0.15, -0.1) is 0 Å². The summed E-state index contributed by atoms with van der Waals surface area (Å²) in [4.78, 5) is 16.8. The van der Waals surface area contributed by atoms with Gasteiger partial charge in [-0.1, -0.05) is 0 Å². The van der Waals surface area contributed by atoms with Crippen molar-refractivity contribution in [2.45, 2.75) is 50.7 Å². The lowest BCUT2D eigenvalue weighted by Crippen LogP contribution is -2.50. The van der Waals surface area contributed by atoms with E-state index in [0.717, 1.165) is 44.5 Å². The molecule has 1 saturated carbocycles. The van der Waals surface area contributed by atoms with E-state index >= 15 is 0 Å². The number of hydrogen-bond acceptors (Lipinski definition) is 4. The molecule has 1 aromatic heterocycles. The van der Waals surface area contributed by atoms with Crippen molar-refractivity contribution in [3.8, 4) is 6.07 Å². The third-order valence-electron chi connectivity index (χ3n) is 4.76. The van der Waals surface area contributed by atoms with Crippen LogP contribution in [0.25, 0.3) is 0 Å². The van der Waals surface area contributed by atoms with Crippen LogP contribution < -0.4 is 5.32 Å². The first-order chi connectivity index (χ1) is 11.2. The molecule has 1 aliphatic heterocycles. The third-order valence-corrected chi connectivity index (χ3v) is 4.76. The normalized spacial score (nSPS) is 20.7. The molecule has 0 spiro atoms. The van der Waals surface area contributed by atoms with Crippen LogP contribution in [0, 0.1) is 11.3 Å². The highest BCUT2D eigenvalue weighted by Crippen LogP contribution is 2.34. The first kappa shape index (κ1) is 15.9. The van der Waals surface area contributed by atoms with Gasteiger partial charge < -0.3 is 14.6 Å². The predicted octanol–water partition coefficient (Wildman–Crippen LogP) is 2.50. The van der Waals surface area contributed by atoms with E-state index in [-0.39, 0.29) is 18.1 Å². The van der Waals surface area contributed by atoms with Gasteiger partial charge in [-0.3, -0.25) is 4.90 Å². The molecule has 0 unspecified atom stereocenters. The van der Waals surface area contributed by atoms with E-state index in [1.807, 2.05) is 24.0 Å². The van der Waals surface area contributed by atoms with Crippen molar-refractivity contribution < 1.29 is 9.21 Å². The Hall–Kier alpha value is -2.00. The Labute approximate surface area is 137 Å². The van der Waals surface area contributed by atoms with Gasteiger partial charge in [0.1, 0.15) is 5.76 Å². The molecule has 124 valence electrons. The smallest absolute Gasteiger partial charge is 0.318 e. The van der Waals surface area contributed by atoms with E-state index in [2.05, 4.69) is 16.3 Å². The minimum atomic E-state index is -0.0452. The molecule has 6 nitrogen and oxygen atoms in total. The summed E-state index contributed by atoms with van der Waals surface area (Å²) in [5, 5.41) is 11.9. The maximum Gasteiger partial charge on any atom is 0.318 e. The molecule has 1 aliphatic carbocycles. The Kier molecular flexibility index (Phi) is 4.87. The second kappa shape index (κ2) is 7.05. The van der Waals surface area contributed by atoms with Gasteiger partial charge in [0.2, 0.25) is 0 Å². The van der Waals surface area contributed by atoms with Crippen LogP contribution in [0.4, 0.5) is 4.79 Å². The molecule has 6 heteroatoms. The molecule has 0 radical (unpaired) electrons. The van der Waals surface area contributed by atoms with Crippen LogP contribution in [0.1, 0.15) is 44.4 Å². The van der Waals surface area contributed by atoms with Crippen molar-refractivity contribution >= 4 is 6.03 Å². The summed E-state index contributed by atoms with van der Waals surface area (Å²) in [5.41, 5.74) is 0. The minimum absolute atomic E-state index is 0.00938. The van der Waals surface area contributed by atoms with Crippen molar-refractivity contribution in [1.82, 2.24) is 15.1 Å². The van der Waals surface area contributed by atoms with Gasteiger partial charge in [0.15, 0.2) is 0 Å². The fourth-order valence-electron chi connectivity index (χ4n) is 3.26. The van der Waals surface area contributed by atoms with Crippen molar-refractivity contribution in [3.63, 3.8) is 0 Å². The van der Waals surface area contributed by atoms with Gasteiger partial charge in [-0.25, -0.2) is 4.79 Å². The predicted molar refractivity (Wildman–Crippen MR) is 85.6 cm³/mol. The van der Waals surface area contributed by atoms with Gasteiger partial charge in [-0.05, 0) is 44.7 Å². The lowest BCUT2D eigenvalue weighted by Gasteiger charge is -2.34. The monoisotopic (exact) mass is 316 g/mol. The number of carbonyl (C=O) groups excluding carboxylic acids is 1. The maximum atomic E-state index is 12.7. The highest BCUT2D eigenvalue weighted by Gasteiger charge is 2.38. The number of nitrogens with zero attached hydrogens (tertiary/aromatic N) is 3. The molecular formula is C17H24N4O2. The van der Waals surface area contributed by atoms with Gasteiger partial charge in [0.05, 0.1) is 24.9 Å². The average Bonchev–Trinajstić information content (AvgIpc) is 3.21. The van der Waals surface area contributed by atoms with E-state index in [4.69, 9.17) is 9.68 Å². The lowest BCUT2D eigenvalue weighted by molar-refractivity contribution is 0.153. The van der Waals surface area contributed by atoms with E-state index < -0.39 is 0 Å². The first-order valence-electron chi connectivity index (χ1n) is 8.40. The van der Waals surface area contributed by atoms with Gasteiger partial charge in [0.25, 0.3) is 0 Å². The number of furan rings is 1. The number of nitrogens with one attached hydrogen (secondary N) is 1. The summed E-state index contributed by atoms with van der Waals surface area (Å²) in [6.07, 6.45) is 5.60. The second-order valence-electron chi connectivity index (χ2n) is 6.49. The number of hydrogen-bond donors (Lipinski definition) is 1. The summed E-state index contributed by atoms with van der Waals surface area (Å²) in [7, 11) is 0. The lowest BCUT2D eigenvalue weighted by atomic mass is 10.1. The van der Waals surface area contributed by atoms with Gasteiger partial charge in [-0.2, -0.15) is 5.26 Å². The third kappa shape index (κ3) is 3.85. The number of carbonyl (C=O) groups is 1. The zero-order valence-corrected chi connectivity index (χ0v) is 13.6. The summed E-state index contributed by atoms with van der Waals surface area (Å²) < 4.78 is 5.48. The second-order valence-corrected chi connectivity index (χ2v) is 6.49. The molecule has 1 atom stereocenters. The van der Waals surface area contributed by atoms with Crippen LogP contribution in [-0.4, -0.2) is 47.5 Å². The number of amides is 2. The minimum Gasteiger partial charge on any atom is -0.467 e. The van der Waals surface area contributed by atoms with Gasteiger partial charge >= 0.3 is 6.03 Å². The van der Waals surface area contributed by atoms with Crippen molar-refractivity contribution in [2.24, 2.45) is 0 Å². The van der Waals surface area contributed by atoms with Crippen LogP contribution in [0.15, 0.2) is 22.8 Å². The molecular weight excluding hydrogens is 292 g/mol. The molecule has 2 fully saturated rings. The average molecular weight is 316 g/mol. The van der Waals surface area contributed by atoms with Crippen molar-refractivity contribution in [1.29, 1.82) is 5.26 Å². The molecule has 23 heavy (non-hydrogen) atoms. The largest absolute Gasteiger partial charge is 0.467 e. The molecule has 2 amide bonds. The summed E-state index contributed by atoms with van der Waals surface area (Å²) >= 11 is 0. The zero-order valence-electron chi connectivity index (χ0n) is 13.6. The molecule has 0 aromatic carbocycles. The van der Waals surface area contributed by atoms with E-state index in [0.29, 0.717) is 12.6 Å². The topological polar surface area (TPSA) is 72.5 Å². The Balaban J connectivity index is 1.56. The van der Waals surface area contributed by atoms with Crippen LogP contribution in [-0.2, 0) is 0 Å². The number of likely N-dealkylation sites (tertiary alicyclic amines) is 1. The number of urea groups is 1. The molecule has 0 bridgehead atoms. The fourth-order valence-corrected chi connectivity index (χ4v) is 3.26. The zero-order chi connectivity index (χ0) is 16.2. The van der Waals surface area contributed by atoms with Crippen LogP contribution in [0.3, 0.4) is 0 Å². The SMILES string of the molecule is C[C@@H](c1ccco1)N(C(=O)NC1CCN(CC#N)CC1)C1CC1. The van der Waals surface area contributed by atoms with Crippen LogP contribution >= 0.6 is 0 Å². The highest BCUT2D eigenvalue weighted by atomic mass is 16.3. The van der Waals surface area contributed by atoms with E-state index in [1.54, 1.807) is 6.26 Å². The summed E-state index contributed by atoms with van der Waals surface area (Å²) in [6, 6.07) is 6.46. The van der Waals surface area contributed by atoms with E-state index in [9.17, 15) is 4.79 Å². The highest BCUT2D eigenvalue weighted by molar-refractivity contribution is 5.75. The standard InChI is InChI=1S/C17H24N4O2/c1-13(16-3-2-12-23-16)21(15-4-5-15)17(22)19-14-6-9-20(10-7-14)11-8-18/h2-3,12-15H,4-7,9-11H2,1H3,(H,19,22)/t13-/m0/s1. The van der Waals surface area contributed by atoms with Crippen molar-refractivity contribution in [2.75, 3.05) is 19.6 Å². The number of rotatable bonds is 5. The number of nitriles is 1. The quantitative estimate of drug-likeness (QED) is 0.847. The molecule has 1 saturated heterocycles. The number of piperidine rings is 1. The molecule has 1 N–H and O–H groups in total. The molecule has 2 heterocycles. The summed E-state index contributed by atoms with van der Waals surface area (Å²) in [5.74, 6) is 0.830. The Morgan fingerprint density at radius 3 is 2.78 bits per heavy atom. The Morgan fingerprint density at radius 1 is 1.48 bits per heavy atom. The molecule has 1 aromatic rings.